The summed E-state index contributed by atoms with van der Waals surface area (Å²) >= 11 is 0. The van der Waals surface area contributed by atoms with E-state index in [1.54, 1.807) is 0 Å². The fraction of sp³-hybridized carbons (Fsp3) is 0.806. The van der Waals surface area contributed by atoms with Gasteiger partial charge in [0.05, 0.1) is 18.6 Å². The quantitative estimate of drug-likeness (QED) is 0.126. The maximum absolute atomic E-state index is 14.9. The van der Waals surface area contributed by atoms with Crippen molar-refractivity contribution in [2.24, 2.45) is 29.6 Å². The van der Waals surface area contributed by atoms with Gasteiger partial charge in [-0.1, -0.05) is 78.1 Å². The van der Waals surface area contributed by atoms with E-state index in [4.69, 9.17) is 9.47 Å². The predicted octanol–water partition coefficient (Wildman–Crippen LogP) is 10.7. The second kappa shape index (κ2) is 17.0. The fourth-order valence-corrected chi connectivity index (χ4v) is 7.89. The molecule has 3 fully saturated rings. The van der Waals surface area contributed by atoms with Crippen LogP contribution in [0.3, 0.4) is 0 Å². The van der Waals surface area contributed by atoms with Crippen molar-refractivity contribution in [1.29, 1.82) is 0 Å². The first-order valence-electron chi connectivity index (χ1n) is 17.3. The molecule has 0 aromatic heterocycles. The van der Waals surface area contributed by atoms with Crippen LogP contribution in [0.1, 0.15) is 148 Å². The van der Waals surface area contributed by atoms with E-state index in [1.165, 1.54) is 89.2 Å². The number of esters is 1. The minimum absolute atomic E-state index is 0.0484. The van der Waals surface area contributed by atoms with Gasteiger partial charge in [-0.25, -0.2) is 4.39 Å². The number of carbonyl (C=O) groups is 1. The number of hydrogen-bond acceptors (Lipinski definition) is 3. The van der Waals surface area contributed by atoms with Crippen molar-refractivity contribution < 1.29 is 23.0 Å². The third kappa shape index (κ3) is 9.76. The molecule has 3 aliphatic carbocycles. The number of ether oxygens (including phenoxy) is 2. The SMILES string of the molecule is CCCCCC1CCC(OCc2ccc(OC(=O)C3CCC(C4CCC(CCCCC)CC4)CC3)c(F)c2F)CC1. The molecule has 4 rings (SSSR count). The zero-order valence-corrected chi connectivity index (χ0v) is 25.9. The van der Waals surface area contributed by atoms with Gasteiger partial charge in [-0.05, 0) is 100 Å². The second-order valence-corrected chi connectivity index (χ2v) is 13.6. The van der Waals surface area contributed by atoms with Crippen LogP contribution >= 0.6 is 0 Å². The van der Waals surface area contributed by atoms with Gasteiger partial charge in [0.15, 0.2) is 11.6 Å². The molecule has 0 bridgehead atoms. The molecule has 0 amide bonds. The van der Waals surface area contributed by atoms with Crippen LogP contribution in [0.2, 0.25) is 0 Å². The van der Waals surface area contributed by atoms with E-state index in [-0.39, 0.29) is 29.9 Å². The van der Waals surface area contributed by atoms with E-state index in [9.17, 15) is 13.6 Å². The van der Waals surface area contributed by atoms with Crippen molar-refractivity contribution in [3.05, 3.63) is 29.3 Å². The summed E-state index contributed by atoms with van der Waals surface area (Å²) in [5, 5.41) is 0. The lowest BCUT2D eigenvalue weighted by atomic mass is 9.68. The molecule has 41 heavy (non-hydrogen) atoms. The summed E-state index contributed by atoms with van der Waals surface area (Å²) in [4.78, 5) is 12.9. The summed E-state index contributed by atoms with van der Waals surface area (Å²) in [7, 11) is 0. The van der Waals surface area contributed by atoms with Crippen molar-refractivity contribution in [2.45, 2.75) is 155 Å². The van der Waals surface area contributed by atoms with Gasteiger partial charge in [-0.3, -0.25) is 4.79 Å². The Morgan fingerprint density at radius 3 is 1.80 bits per heavy atom. The van der Waals surface area contributed by atoms with Gasteiger partial charge in [0.25, 0.3) is 0 Å². The van der Waals surface area contributed by atoms with Gasteiger partial charge in [-0.15, -0.1) is 0 Å². The summed E-state index contributed by atoms with van der Waals surface area (Å²) < 4.78 is 41.1. The van der Waals surface area contributed by atoms with Gasteiger partial charge in [0.2, 0.25) is 5.82 Å². The first kappa shape index (κ1) is 32.4. The molecular formula is C36H56F2O3. The van der Waals surface area contributed by atoms with E-state index in [0.717, 1.165) is 69.1 Å². The van der Waals surface area contributed by atoms with E-state index in [2.05, 4.69) is 13.8 Å². The molecule has 0 radical (unpaired) electrons. The van der Waals surface area contributed by atoms with Crippen LogP contribution in [0.4, 0.5) is 8.78 Å². The van der Waals surface area contributed by atoms with Crippen molar-refractivity contribution in [2.75, 3.05) is 0 Å². The smallest absolute Gasteiger partial charge is 0.314 e. The molecule has 3 aliphatic rings. The third-order valence-electron chi connectivity index (χ3n) is 10.7. The number of unbranched alkanes of at least 4 members (excludes halogenated alkanes) is 4. The van der Waals surface area contributed by atoms with Gasteiger partial charge in [0.1, 0.15) is 0 Å². The number of carbonyl (C=O) groups excluding carboxylic acids is 1. The predicted molar refractivity (Wildman–Crippen MR) is 162 cm³/mol. The Morgan fingerprint density at radius 2 is 1.24 bits per heavy atom. The summed E-state index contributed by atoms with van der Waals surface area (Å²) in [5.41, 5.74) is 0.188. The number of benzene rings is 1. The maximum Gasteiger partial charge on any atom is 0.314 e. The van der Waals surface area contributed by atoms with Crippen LogP contribution in [0.15, 0.2) is 12.1 Å². The first-order valence-corrected chi connectivity index (χ1v) is 17.3. The van der Waals surface area contributed by atoms with Crippen molar-refractivity contribution in [3.63, 3.8) is 0 Å². The molecule has 0 N–H and O–H groups in total. The number of rotatable bonds is 14. The molecule has 0 spiro atoms. The Balaban J connectivity index is 1.17. The molecule has 0 heterocycles. The number of hydrogen-bond donors (Lipinski definition) is 0. The molecule has 5 heteroatoms. The van der Waals surface area contributed by atoms with Gasteiger partial charge < -0.3 is 9.47 Å². The molecule has 1 aromatic rings. The maximum atomic E-state index is 14.9. The zero-order valence-electron chi connectivity index (χ0n) is 25.9. The fourth-order valence-electron chi connectivity index (χ4n) is 7.89. The average molecular weight is 575 g/mol. The molecule has 3 saturated carbocycles. The topological polar surface area (TPSA) is 35.5 Å². The van der Waals surface area contributed by atoms with Crippen LogP contribution in [-0.2, 0) is 16.1 Å². The van der Waals surface area contributed by atoms with Crippen LogP contribution in [0, 0.1) is 41.2 Å². The van der Waals surface area contributed by atoms with Crippen LogP contribution < -0.4 is 4.74 Å². The van der Waals surface area contributed by atoms with Crippen LogP contribution in [0.5, 0.6) is 5.75 Å². The largest absolute Gasteiger partial charge is 0.423 e. The summed E-state index contributed by atoms with van der Waals surface area (Å²) in [6.07, 6.45) is 24.0. The Kier molecular flexibility index (Phi) is 13.4. The first-order chi connectivity index (χ1) is 20.0. The van der Waals surface area contributed by atoms with Gasteiger partial charge in [0, 0.05) is 5.56 Å². The highest BCUT2D eigenvalue weighted by molar-refractivity contribution is 5.75. The minimum Gasteiger partial charge on any atom is -0.423 e. The highest BCUT2D eigenvalue weighted by Gasteiger charge is 2.34. The zero-order chi connectivity index (χ0) is 29.0. The highest BCUT2D eigenvalue weighted by Crippen LogP contribution is 2.43. The Labute approximate surface area is 248 Å². The molecule has 1 aromatic carbocycles. The van der Waals surface area contributed by atoms with Crippen molar-refractivity contribution >= 4 is 5.97 Å². The third-order valence-corrected chi connectivity index (χ3v) is 10.7. The monoisotopic (exact) mass is 574 g/mol. The lowest BCUT2D eigenvalue weighted by Gasteiger charge is -2.37. The summed E-state index contributed by atoms with van der Waals surface area (Å²) in [6, 6.07) is 2.90. The highest BCUT2D eigenvalue weighted by atomic mass is 19.2. The summed E-state index contributed by atoms with van der Waals surface area (Å²) in [6.45, 7) is 4.55. The van der Waals surface area contributed by atoms with E-state index in [0.29, 0.717) is 5.92 Å². The lowest BCUT2D eigenvalue weighted by molar-refractivity contribution is -0.140. The molecule has 0 saturated heterocycles. The van der Waals surface area contributed by atoms with Gasteiger partial charge in [-0.2, -0.15) is 4.39 Å². The van der Waals surface area contributed by atoms with Crippen molar-refractivity contribution in [3.8, 4) is 5.75 Å². The molecule has 232 valence electrons. The number of halogens is 2. The molecule has 0 atom stereocenters. The lowest BCUT2D eigenvalue weighted by Crippen LogP contribution is -2.30. The molecule has 0 aliphatic heterocycles. The average Bonchev–Trinajstić information content (AvgIpc) is 3.00. The van der Waals surface area contributed by atoms with E-state index >= 15 is 0 Å². The van der Waals surface area contributed by atoms with Gasteiger partial charge >= 0.3 is 5.97 Å². The normalized spacial score (nSPS) is 28.9. The standard InChI is InChI=1S/C36H56F2O3/c1-3-5-7-9-26-11-15-28(16-12-26)29-17-19-30(20-18-29)36(39)41-33-24-21-31(34(37)35(33)38)25-40-32-22-13-27(14-23-32)10-8-6-4-2/h21,24,26-30,32H,3-20,22-23,25H2,1-2H3. The van der Waals surface area contributed by atoms with Crippen molar-refractivity contribution in [1.82, 2.24) is 0 Å². The summed E-state index contributed by atoms with van der Waals surface area (Å²) in [5.74, 6) is 0.197. The molecule has 3 nitrogen and oxygen atoms in total. The van der Waals surface area contributed by atoms with Crippen LogP contribution in [-0.4, -0.2) is 12.1 Å². The van der Waals surface area contributed by atoms with E-state index in [1.807, 2.05) is 0 Å². The Bertz CT molecular complexity index is 910. The van der Waals surface area contributed by atoms with Crippen LogP contribution in [0.25, 0.3) is 0 Å². The minimum atomic E-state index is -1.08. The Hall–Kier alpha value is -1.49. The van der Waals surface area contributed by atoms with E-state index < -0.39 is 17.6 Å². The Morgan fingerprint density at radius 1 is 0.707 bits per heavy atom. The molecular weight excluding hydrogens is 518 g/mol. The molecule has 0 unspecified atom stereocenters. The second-order valence-electron chi connectivity index (χ2n) is 13.6.